The molecule has 0 aliphatic heterocycles. The molecule has 4 nitrogen and oxygen atoms in total. The van der Waals surface area contributed by atoms with E-state index in [4.69, 9.17) is 5.11 Å². The van der Waals surface area contributed by atoms with Crippen molar-refractivity contribution in [1.29, 1.82) is 0 Å². The van der Waals surface area contributed by atoms with Crippen molar-refractivity contribution >= 4 is 17.5 Å². The molecule has 0 amide bonds. The minimum Gasteiger partial charge on any atom is -0.481 e. The third kappa shape index (κ3) is 7.73. The summed E-state index contributed by atoms with van der Waals surface area (Å²) in [6.45, 7) is 3.69. The molecule has 0 aromatic carbocycles. The third-order valence-corrected chi connectivity index (χ3v) is 5.05. The highest BCUT2D eigenvalue weighted by atomic mass is 19.3. The van der Waals surface area contributed by atoms with Crippen LogP contribution in [0.15, 0.2) is 24.3 Å². The molecule has 1 aliphatic carbocycles. The van der Waals surface area contributed by atoms with Crippen LogP contribution in [0.3, 0.4) is 0 Å². The second-order valence-electron chi connectivity index (χ2n) is 7.36. The van der Waals surface area contributed by atoms with E-state index < -0.39 is 24.1 Å². The Kier molecular flexibility index (Phi) is 9.53. The van der Waals surface area contributed by atoms with Gasteiger partial charge in [0.1, 0.15) is 5.78 Å². The summed E-state index contributed by atoms with van der Waals surface area (Å²) < 4.78 is 27.6. The Morgan fingerprint density at radius 2 is 1.96 bits per heavy atom. The van der Waals surface area contributed by atoms with E-state index in [0.717, 1.165) is 6.08 Å². The third-order valence-electron chi connectivity index (χ3n) is 5.05. The van der Waals surface area contributed by atoms with E-state index in [1.165, 1.54) is 6.08 Å². The van der Waals surface area contributed by atoms with Crippen molar-refractivity contribution in [2.75, 3.05) is 0 Å². The largest absolute Gasteiger partial charge is 0.481 e. The summed E-state index contributed by atoms with van der Waals surface area (Å²) in [5.41, 5.74) is 0. The Morgan fingerprint density at radius 3 is 2.59 bits per heavy atom. The van der Waals surface area contributed by atoms with Gasteiger partial charge in [0.05, 0.1) is 0 Å². The molecule has 0 saturated heterocycles. The molecular formula is C21H30F2O4. The number of alkyl halides is 2. The maximum absolute atomic E-state index is 13.8. The highest BCUT2D eigenvalue weighted by Gasteiger charge is 2.39. The quantitative estimate of drug-likeness (QED) is 0.293. The number of halogens is 2. The molecule has 3 atom stereocenters. The number of carbonyl (C=O) groups is 3. The number of rotatable bonds is 12. The molecule has 0 unspecified atom stereocenters. The average molecular weight is 384 g/mol. The Balaban J connectivity index is 2.65. The van der Waals surface area contributed by atoms with Gasteiger partial charge in [-0.15, -0.1) is 0 Å². The molecule has 1 aliphatic rings. The van der Waals surface area contributed by atoms with Crippen LogP contribution in [0.2, 0.25) is 0 Å². The predicted octanol–water partition coefficient (Wildman–Crippen LogP) is 4.98. The van der Waals surface area contributed by atoms with Gasteiger partial charge >= 0.3 is 11.9 Å². The number of carboxylic acids is 1. The summed E-state index contributed by atoms with van der Waals surface area (Å²) in [6, 6.07) is 0. The van der Waals surface area contributed by atoms with Gasteiger partial charge in [-0.25, -0.2) is 0 Å². The fourth-order valence-corrected chi connectivity index (χ4v) is 3.40. The van der Waals surface area contributed by atoms with Gasteiger partial charge in [0.2, 0.25) is 5.78 Å². The zero-order chi connectivity index (χ0) is 20.4. The second-order valence-corrected chi connectivity index (χ2v) is 7.36. The van der Waals surface area contributed by atoms with E-state index in [9.17, 15) is 23.2 Å². The second kappa shape index (κ2) is 11.1. The smallest absolute Gasteiger partial charge is 0.309 e. The molecule has 1 saturated carbocycles. The highest BCUT2D eigenvalue weighted by Crippen LogP contribution is 2.38. The Labute approximate surface area is 159 Å². The van der Waals surface area contributed by atoms with Crippen LogP contribution in [0, 0.1) is 17.8 Å². The number of carbonyl (C=O) groups excluding carboxylic acids is 2. The fraction of sp³-hybridized carbons (Fsp3) is 0.667. The summed E-state index contributed by atoms with van der Waals surface area (Å²) >= 11 is 0. The van der Waals surface area contributed by atoms with Crippen LogP contribution in [0.25, 0.3) is 0 Å². The lowest BCUT2D eigenvalue weighted by molar-refractivity contribution is -0.138. The normalized spacial score (nSPS) is 23.6. The minimum atomic E-state index is -3.35. The van der Waals surface area contributed by atoms with E-state index in [2.05, 4.69) is 0 Å². The molecule has 0 radical (unpaired) electrons. The monoisotopic (exact) mass is 384 g/mol. The van der Waals surface area contributed by atoms with Crippen molar-refractivity contribution < 1.29 is 28.3 Å². The topological polar surface area (TPSA) is 71.4 Å². The lowest BCUT2D eigenvalue weighted by atomic mass is 9.87. The molecule has 0 heterocycles. The van der Waals surface area contributed by atoms with Crippen molar-refractivity contribution in [3.05, 3.63) is 24.3 Å². The molecule has 0 aromatic heterocycles. The molecule has 0 bridgehead atoms. The van der Waals surface area contributed by atoms with Gasteiger partial charge in [0, 0.05) is 25.2 Å². The van der Waals surface area contributed by atoms with Crippen molar-refractivity contribution in [3.8, 4) is 0 Å². The van der Waals surface area contributed by atoms with Crippen LogP contribution in [0.5, 0.6) is 0 Å². The maximum Gasteiger partial charge on any atom is 0.309 e. The lowest BCUT2D eigenvalue weighted by Crippen LogP contribution is -2.27. The minimum absolute atomic E-state index is 0.0104. The zero-order valence-electron chi connectivity index (χ0n) is 16.1. The van der Waals surface area contributed by atoms with Gasteiger partial charge in [-0.1, -0.05) is 38.5 Å². The standard InChI is InChI=1S/C21H30F2O4/c1-3-4-13-21(22,23)19(25)12-11-16-15(2)14-18(24)17(16)9-7-5-6-8-10-20(26)27/h5,7,11-12,15-17H,3-4,6,8-10,13-14H2,1-2H3,(H,26,27)/b7-5-,12-11+/t15-,16+,17-/m1/s1. The van der Waals surface area contributed by atoms with Crippen LogP contribution in [-0.2, 0) is 14.4 Å². The van der Waals surface area contributed by atoms with Crippen LogP contribution >= 0.6 is 0 Å². The number of aliphatic carboxylic acids is 1. The zero-order valence-corrected chi connectivity index (χ0v) is 16.1. The molecule has 1 N–H and O–H groups in total. The number of unbranched alkanes of at least 4 members (excludes halogenated alkanes) is 2. The van der Waals surface area contributed by atoms with Crippen molar-refractivity contribution in [2.45, 2.75) is 71.1 Å². The number of hydrogen-bond acceptors (Lipinski definition) is 3. The Hall–Kier alpha value is -1.85. The van der Waals surface area contributed by atoms with Crippen LogP contribution in [-0.4, -0.2) is 28.6 Å². The maximum atomic E-state index is 13.8. The Morgan fingerprint density at radius 1 is 1.26 bits per heavy atom. The van der Waals surface area contributed by atoms with Crippen LogP contribution in [0.4, 0.5) is 8.78 Å². The van der Waals surface area contributed by atoms with E-state index in [0.29, 0.717) is 38.5 Å². The molecule has 1 rings (SSSR count). The van der Waals surface area contributed by atoms with Gasteiger partial charge in [0.25, 0.3) is 0 Å². The van der Waals surface area contributed by atoms with Gasteiger partial charge in [-0.2, -0.15) is 8.78 Å². The number of ketones is 2. The molecule has 27 heavy (non-hydrogen) atoms. The summed E-state index contributed by atoms with van der Waals surface area (Å²) in [5.74, 6) is -5.83. The number of Topliss-reactive ketones (excluding diaryl/α,β-unsaturated/α-hetero) is 1. The van der Waals surface area contributed by atoms with E-state index in [1.54, 1.807) is 6.92 Å². The summed E-state index contributed by atoms with van der Waals surface area (Å²) in [6.07, 6.45) is 8.69. The van der Waals surface area contributed by atoms with E-state index in [-0.39, 0.29) is 30.0 Å². The van der Waals surface area contributed by atoms with Gasteiger partial charge in [-0.05, 0) is 43.6 Å². The van der Waals surface area contributed by atoms with Gasteiger partial charge in [0.15, 0.2) is 0 Å². The van der Waals surface area contributed by atoms with E-state index >= 15 is 0 Å². The number of carboxylic acid groups (broad SMARTS) is 1. The summed E-state index contributed by atoms with van der Waals surface area (Å²) in [5, 5.41) is 8.59. The lowest BCUT2D eigenvalue weighted by Gasteiger charge is -2.17. The van der Waals surface area contributed by atoms with Crippen molar-refractivity contribution in [1.82, 2.24) is 0 Å². The average Bonchev–Trinajstić information content (AvgIpc) is 2.86. The van der Waals surface area contributed by atoms with Crippen LogP contribution < -0.4 is 0 Å². The SMILES string of the molecule is CCCCC(F)(F)C(=O)/C=C/[C@H]1[C@H](C)CC(=O)[C@@H]1C/C=C\CCCC(=O)O. The number of hydrogen-bond donors (Lipinski definition) is 1. The molecule has 0 spiro atoms. The predicted molar refractivity (Wildman–Crippen MR) is 99.6 cm³/mol. The fourth-order valence-electron chi connectivity index (χ4n) is 3.40. The van der Waals surface area contributed by atoms with Crippen LogP contribution in [0.1, 0.15) is 65.2 Å². The molecule has 0 aromatic rings. The first kappa shape index (κ1) is 23.2. The molecule has 1 fully saturated rings. The Bertz CT molecular complexity index is 581. The first-order valence-electron chi connectivity index (χ1n) is 9.69. The highest BCUT2D eigenvalue weighted by molar-refractivity contribution is 5.95. The first-order chi connectivity index (χ1) is 12.7. The van der Waals surface area contributed by atoms with Gasteiger partial charge in [-0.3, -0.25) is 14.4 Å². The molecule has 152 valence electrons. The van der Waals surface area contributed by atoms with Gasteiger partial charge < -0.3 is 5.11 Å². The van der Waals surface area contributed by atoms with E-state index in [1.807, 2.05) is 19.1 Å². The molecule has 6 heteroatoms. The van der Waals surface area contributed by atoms with Crippen molar-refractivity contribution in [3.63, 3.8) is 0 Å². The summed E-state index contributed by atoms with van der Waals surface area (Å²) in [4.78, 5) is 34.5. The molecular weight excluding hydrogens is 354 g/mol. The first-order valence-corrected chi connectivity index (χ1v) is 9.69. The van der Waals surface area contributed by atoms with Crippen molar-refractivity contribution in [2.24, 2.45) is 17.8 Å². The number of allylic oxidation sites excluding steroid dienone is 4. The summed E-state index contributed by atoms with van der Waals surface area (Å²) in [7, 11) is 0.